The van der Waals surface area contributed by atoms with Crippen LogP contribution >= 0.6 is 0 Å². The predicted molar refractivity (Wildman–Crippen MR) is 71.6 cm³/mol. The van der Waals surface area contributed by atoms with Crippen LogP contribution in [-0.4, -0.2) is 25.3 Å². The average Bonchev–Trinajstić information content (AvgIpc) is 2.93. The van der Waals surface area contributed by atoms with E-state index in [4.69, 9.17) is 9.47 Å². The van der Waals surface area contributed by atoms with Gasteiger partial charge < -0.3 is 14.6 Å². The number of hydrogen-bond donors (Lipinski definition) is 1. The summed E-state index contributed by atoms with van der Waals surface area (Å²) in [5, 5.41) is 10.2. The van der Waals surface area contributed by atoms with E-state index in [1.165, 1.54) is 19.8 Å². The number of phenols is 1. The third kappa shape index (κ3) is 2.72. The highest BCUT2D eigenvalue weighted by Crippen LogP contribution is 2.35. The van der Waals surface area contributed by atoms with E-state index in [1.807, 2.05) is 0 Å². The van der Waals surface area contributed by atoms with Crippen LogP contribution in [0, 0.1) is 0 Å². The van der Waals surface area contributed by atoms with Crippen molar-refractivity contribution in [2.24, 2.45) is 0 Å². The molecule has 4 nitrogen and oxygen atoms in total. The number of ether oxygens (including phenoxy) is 2. The molecule has 0 saturated heterocycles. The third-order valence-electron chi connectivity index (χ3n) is 3.41. The molecule has 102 valence electrons. The van der Waals surface area contributed by atoms with Crippen molar-refractivity contribution in [1.82, 2.24) is 0 Å². The molecular weight excluding hydrogens is 244 g/mol. The second-order valence-corrected chi connectivity index (χ2v) is 4.57. The summed E-state index contributed by atoms with van der Waals surface area (Å²) in [7, 11) is 2.83. The number of allylic oxidation sites excluding steroid dienone is 2. The molecule has 0 fully saturated rings. The lowest BCUT2D eigenvalue weighted by molar-refractivity contribution is 0.0599. The number of carbonyl (C=O) groups is 1. The lowest BCUT2D eigenvalue weighted by Gasteiger charge is -2.13. The van der Waals surface area contributed by atoms with Gasteiger partial charge in [0.2, 0.25) is 0 Å². The van der Waals surface area contributed by atoms with E-state index in [1.54, 1.807) is 12.1 Å². The molecule has 0 saturated carbocycles. The van der Waals surface area contributed by atoms with Crippen molar-refractivity contribution in [3.8, 4) is 11.5 Å². The molecule has 1 aliphatic carbocycles. The normalized spacial score (nSPS) is 14.1. The van der Waals surface area contributed by atoms with Gasteiger partial charge >= 0.3 is 5.97 Å². The summed E-state index contributed by atoms with van der Waals surface area (Å²) >= 11 is 0. The van der Waals surface area contributed by atoms with Gasteiger partial charge in [0, 0.05) is 5.56 Å². The van der Waals surface area contributed by atoms with E-state index in [0.717, 1.165) is 19.3 Å². The molecule has 0 radical (unpaired) electrons. The Morgan fingerprint density at radius 3 is 2.74 bits per heavy atom. The maximum atomic E-state index is 11.8. The first-order chi connectivity index (χ1) is 9.17. The Morgan fingerprint density at radius 1 is 1.37 bits per heavy atom. The largest absolute Gasteiger partial charge is 0.504 e. The van der Waals surface area contributed by atoms with Gasteiger partial charge in [-0.05, 0) is 37.8 Å². The summed E-state index contributed by atoms with van der Waals surface area (Å²) in [6, 6.07) is 3.21. The number of benzene rings is 1. The Kier molecular flexibility index (Phi) is 4.10. The molecule has 0 aromatic heterocycles. The Labute approximate surface area is 112 Å². The molecule has 0 heterocycles. The zero-order valence-electron chi connectivity index (χ0n) is 11.2. The zero-order chi connectivity index (χ0) is 13.8. The van der Waals surface area contributed by atoms with Crippen molar-refractivity contribution < 1.29 is 19.4 Å². The molecule has 0 aliphatic heterocycles. The minimum absolute atomic E-state index is 0.0261. The van der Waals surface area contributed by atoms with Gasteiger partial charge in [-0.2, -0.15) is 0 Å². The van der Waals surface area contributed by atoms with E-state index in [9.17, 15) is 9.90 Å². The molecule has 0 atom stereocenters. The van der Waals surface area contributed by atoms with Crippen LogP contribution in [0.1, 0.15) is 35.2 Å². The summed E-state index contributed by atoms with van der Waals surface area (Å²) < 4.78 is 9.86. The standard InChI is InChI=1S/C15H18O4/c1-18-13-8-7-11(15(17)19-2)12(14(13)16)9-10-5-3-4-6-10/h5,7-8,16H,3-4,6,9H2,1-2H3. The van der Waals surface area contributed by atoms with Crippen molar-refractivity contribution >= 4 is 5.97 Å². The maximum Gasteiger partial charge on any atom is 0.338 e. The van der Waals surface area contributed by atoms with Crippen LogP contribution in [0.4, 0.5) is 0 Å². The highest BCUT2D eigenvalue weighted by molar-refractivity contribution is 5.92. The summed E-state index contributed by atoms with van der Waals surface area (Å²) in [5.41, 5.74) is 2.22. The van der Waals surface area contributed by atoms with Gasteiger partial charge in [0.1, 0.15) is 0 Å². The highest BCUT2D eigenvalue weighted by Gasteiger charge is 2.20. The van der Waals surface area contributed by atoms with Crippen LogP contribution in [0.5, 0.6) is 11.5 Å². The molecule has 4 heteroatoms. The van der Waals surface area contributed by atoms with Gasteiger partial charge in [0.05, 0.1) is 19.8 Å². The summed E-state index contributed by atoms with van der Waals surface area (Å²) in [4.78, 5) is 11.8. The van der Waals surface area contributed by atoms with Crippen LogP contribution in [0.25, 0.3) is 0 Å². The molecular formula is C15H18O4. The summed E-state index contributed by atoms with van der Waals surface area (Å²) in [5.74, 6) is -0.0361. The molecule has 1 aliphatic rings. The molecule has 0 unspecified atom stereocenters. The molecule has 19 heavy (non-hydrogen) atoms. The lowest BCUT2D eigenvalue weighted by atomic mass is 9.97. The minimum Gasteiger partial charge on any atom is -0.504 e. The molecule has 1 N–H and O–H groups in total. The van der Waals surface area contributed by atoms with Gasteiger partial charge in [0.15, 0.2) is 11.5 Å². The molecule has 0 amide bonds. The van der Waals surface area contributed by atoms with Gasteiger partial charge in [-0.3, -0.25) is 0 Å². The Morgan fingerprint density at radius 2 is 2.16 bits per heavy atom. The first-order valence-electron chi connectivity index (χ1n) is 6.32. The van der Waals surface area contributed by atoms with Crippen LogP contribution < -0.4 is 4.74 Å². The lowest BCUT2D eigenvalue weighted by Crippen LogP contribution is -2.07. The number of hydrogen-bond acceptors (Lipinski definition) is 4. The number of esters is 1. The minimum atomic E-state index is -0.438. The van der Waals surface area contributed by atoms with Crippen molar-refractivity contribution in [2.75, 3.05) is 14.2 Å². The van der Waals surface area contributed by atoms with E-state index >= 15 is 0 Å². The van der Waals surface area contributed by atoms with Gasteiger partial charge in [-0.15, -0.1) is 0 Å². The van der Waals surface area contributed by atoms with E-state index < -0.39 is 5.97 Å². The van der Waals surface area contributed by atoms with Crippen LogP contribution in [-0.2, 0) is 11.2 Å². The summed E-state index contributed by atoms with van der Waals surface area (Å²) in [6.45, 7) is 0. The fourth-order valence-corrected chi connectivity index (χ4v) is 2.38. The average molecular weight is 262 g/mol. The number of aromatic hydroxyl groups is 1. The molecule has 0 bridgehead atoms. The number of carbonyl (C=O) groups excluding carboxylic acids is 1. The quantitative estimate of drug-likeness (QED) is 0.669. The first-order valence-corrected chi connectivity index (χ1v) is 6.32. The monoisotopic (exact) mass is 262 g/mol. The van der Waals surface area contributed by atoms with Gasteiger partial charge in [0.25, 0.3) is 0 Å². The SMILES string of the molecule is COC(=O)c1ccc(OC)c(O)c1CC1=CCCC1. The fraction of sp³-hybridized carbons (Fsp3) is 0.400. The van der Waals surface area contributed by atoms with E-state index in [0.29, 0.717) is 23.3 Å². The Hall–Kier alpha value is -1.97. The van der Waals surface area contributed by atoms with Gasteiger partial charge in [-0.1, -0.05) is 11.6 Å². The topological polar surface area (TPSA) is 55.8 Å². The zero-order valence-corrected chi connectivity index (χ0v) is 11.2. The van der Waals surface area contributed by atoms with E-state index in [-0.39, 0.29) is 5.75 Å². The Balaban J connectivity index is 2.43. The number of methoxy groups -OCH3 is 2. The van der Waals surface area contributed by atoms with E-state index in [2.05, 4.69) is 6.08 Å². The van der Waals surface area contributed by atoms with Crippen molar-refractivity contribution in [3.63, 3.8) is 0 Å². The van der Waals surface area contributed by atoms with Crippen molar-refractivity contribution in [1.29, 1.82) is 0 Å². The number of rotatable bonds is 4. The fourth-order valence-electron chi connectivity index (χ4n) is 2.38. The van der Waals surface area contributed by atoms with Crippen LogP contribution in [0.3, 0.4) is 0 Å². The molecule has 1 aromatic carbocycles. The number of phenolic OH excluding ortho intramolecular Hbond substituents is 1. The second-order valence-electron chi connectivity index (χ2n) is 4.57. The highest BCUT2D eigenvalue weighted by atomic mass is 16.5. The molecule has 0 spiro atoms. The van der Waals surface area contributed by atoms with Crippen molar-refractivity contribution in [3.05, 3.63) is 34.9 Å². The van der Waals surface area contributed by atoms with Crippen molar-refractivity contribution in [2.45, 2.75) is 25.7 Å². The summed E-state index contributed by atoms with van der Waals surface area (Å²) in [6.07, 6.45) is 5.94. The molecule has 2 rings (SSSR count). The predicted octanol–water partition coefficient (Wildman–Crippen LogP) is 2.84. The third-order valence-corrected chi connectivity index (χ3v) is 3.41. The Bertz CT molecular complexity index is 517. The van der Waals surface area contributed by atoms with Crippen LogP contribution in [0.2, 0.25) is 0 Å². The maximum absolute atomic E-state index is 11.8. The first kappa shape index (κ1) is 13.5. The van der Waals surface area contributed by atoms with Crippen LogP contribution in [0.15, 0.2) is 23.8 Å². The smallest absolute Gasteiger partial charge is 0.338 e. The van der Waals surface area contributed by atoms with Gasteiger partial charge in [-0.25, -0.2) is 4.79 Å². The molecule has 1 aromatic rings. The second kappa shape index (κ2) is 5.78.